The quantitative estimate of drug-likeness (QED) is 0.708. The van der Waals surface area contributed by atoms with Gasteiger partial charge in [-0.2, -0.15) is 0 Å². The van der Waals surface area contributed by atoms with Crippen LogP contribution in [-0.4, -0.2) is 44.0 Å². The molecule has 0 saturated carbocycles. The smallest absolute Gasteiger partial charge is 0.251 e. The lowest BCUT2D eigenvalue weighted by molar-refractivity contribution is -0.133. The summed E-state index contributed by atoms with van der Waals surface area (Å²) in [7, 11) is 4.83. The van der Waals surface area contributed by atoms with Gasteiger partial charge in [0.2, 0.25) is 5.91 Å². The lowest BCUT2D eigenvalue weighted by Crippen LogP contribution is -2.50. The van der Waals surface area contributed by atoms with E-state index in [0.29, 0.717) is 28.6 Å². The molecule has 7 heteroatoms. The summed E-state index contributed by atoms with van der Waals surface area (Å²) in [5.74, 6) is 0.588. The first-order valence-corrected chi connectivity index (χ1v) is 9.67. The fourth-order valence-electron chi connectivity index (χ4n) is 2.99. The zero-order chi connectivity index (χ0) is 21.6. The lowest BCUT2D eigenvalue weighted by atomic mass is 10.0. The Labute approximate surface area is 176 Å². The van der Waals surface area contributed by atoms with E-state index in [2.05, 4.69) is 5.32 Å². The normalized spacial score (nSPS) is 11.7. The van der Waals surface area contributed by atoms with Gasteiger partial charge in [-0.15, -0.1) is 0 Å². The highest BCUT2D eigenvalue weighted by Crippen LogP contribution is 2.31. The molecule has 0 radical (unpaired) electrons. The molecule has 1 N–H and O–H groups in total. The van der Waals surface area contributed by atoms with Crippen LogP contribution in [0.2, 0.25) is 5.02 Å². The minimum absolute atomic E-state index is 0.0894. The molecule has 2 aromatic carbocycles. The number of likely N-dealkylation sites (N-methyl/N-ethyl adjacent to an activating group) is 1. The number of nitrogens with zero attached hydrogens (tertiary/aromatic N) is 1. The van der Waals surface area contributed by atoms with Crippen molar-refractivity contribution in [2.45, 2.75) is 26.4 Å². The number of nitrogens with one attached hydrogen (secondary N) is 1. The second-order valence-corrected chi connectivity index (χ2v) is 7.49. The second-order valence-electron chi connectivity index (χ2n) is 7.05. The zero-order valence-corrected chi connectivity index (χ0v) is 18.1. The summed E-state index contributed by atoms with van der Waals surface area (Å²) in [4.78, 5) is 27.2. The van der Waals surface area contributed by atoms with E-state index in [9.17, 15) is 9.59 Å². The van der Waals surface area contributed by atoms with Crippen LogP contribution in [0.1, 0.15) is 29.8 Å². The molecule has 0 fully saturated rings. The fraction of sp³-hybridized carbons (Fsp3) is 0.364. The van der Waals surface area contributed by atoms with Crippen molar-refractivity contribution in [3.63, 3.8) is 0 Å². The standard InChI is InChI=1S/C22H27ClN2O4/c1-14(2)19(24-21(26)15-9-11-17(23)12-10-15)22(27)25(3)13-16-7-6-8-18(28-4)20(16)29-5/h6-12,14,19H,13H2,1-5H3,(H,24,26)/t19-/m1/s1. The molecule has 0 aliphatic carbocycles. The maximum atomic E-state index is 13.1. The van der Waals surface area contributed by atoms with Gasteiger partial charge in [-0.25, -0.2) is 0 Å². The fourth-order valence-corrected chi connectivity index (χ4v) is 3.11. The molecule has 0 heterocycles. The molecule has 1 atom stereocenters. The number of carbonyl (C=O) groups is 2. The number of hydrogen-bond acceptors (Lipinski definition) is 4. The van der Waals surface area contributed by atoms with Crippen LogP contribution >= 0.6 is 11.6 Å². The number of hydrogen-bond donors (Lipinski definition) is 1. The van der Waals surface area contributed by atoms with E-state index < -0.39 is 6.04 Å². The van der Waals surface area contributed by atoms with Crippen molar-refractivity contribution in [2.24, 2.45) is 5.92 Å². The minimum Gasteiger partial charge on any atom is -0.493 e. The Bertz CT molecular complexity index is 852. The van der Waals surface area contributed by atoms with Gasteiger partial charge in [0.1, 0.15) is 6.04 Å². The van der Waals surface area contributed by atoms with Crippen molar-refractivity contribution in [1.29, 1.82) is 0 Å². The SMILES string of the molecule is COc1cccc(CN(C)C(=O)[C@H](NC(=O)c2ccc(Cl)cc2)C(C)C)c1OC. The van der Waals surface area contributed by atoms with Crippen molar-refractivity contribution in [2.75, 3.05) is 21.3 Å². The van der Waals surface area contributed by atoms with Crippen molar-refractivity contribution in [3.8, 4) is 11.5 Å². The average Bonchev–Trinajstić information content (AvgIpc) is 2.71. The van der Waals surface area contributed by atoms with E-state index in [-0.39, 0.29) is 17.7 Å². The van der Waals surface area contributed by atoms with Gasteiger partial charge < -0.3 is 19.7 Å². The third kappa shape index (κ3) is 5.64. The maximum Gasteiger partial charge on any atom is 0.251 e. The van der Waals surface area contributed by atoms with Gasteiger partial charge in [0.05, 0.1) is 14.2 Å². The third-order valence-corrected chi connectivity index (χ3v) is 4.85. The van der Waals surface area contributed by atoms with Crippen LogP contribution in [0.25, 0.3) is 0 Å². The van der Waals surface area contributed by atoms with Crippen LogP contribution < -0.4 is 14.8 Å². The molecule has 29 heavy (non-hydrogen) atoms. The van der Waals surface area contributed by atoms with E-state index in [0.717, 1.165) is 5.56 Å². The Balaban J connectivity index is 2.16. The Morgan fingerprint density at radius 1 is 1.07 bits per heavy atom. The van der Waals surface area contributed by atoms with E-state index in [1.165, 1.54) is 0 Å². The third-order valence-electron chi connectivity index (χ3n) is 4.59. The highest BCUT2D eigenvalue weighted by Gasteiger charge is 2.28. The molecule has 0 aliphatic rings. The van der Waals surface area contributed by atoms with Gasteiger partial charge in [0.25, 0.3) is 5.91 Å². The van der Waals surface area contributed by atoms with Gasteiger partial charge in [-0.05, 0) is 36.2 Å². The van der Waals surface area contributed by atoms with Crippen molar-refractivity contribution in [1.82, 2.24) is 10.2 Å². The highest BCUT2D eigenvalue weighted by molar-refractivity contribution is 6.30. The van der Waals surface area contributed by atoms with Gasteiger partial charge >= 0.3 is 0 Å². The average molecular weight is 419 g/mol. The molecular formula is C22H27ClN2O4. The molecule has 2 amide bonds. The molecule has 6 nitrogen and oxygen atoms in total. The number of amides is 2. The molecule has 0 unspecified atom stereocenters. The van der Waals surface area contributed by atoms with Crippen LogP contribution in [0.4, 0.5) is 0 Å². The molecule has 0 saturated heterocycles. The predicted octanol–water partition coefficient (Wildman–Crippen LogP) is 3.77. The summed E-state index contributed by atoms with van der Waals surface area (Å²) in [6, 6.07) is 11.4. The monoisotopic (exact) mass is 418 g/mol. The van der Waals surface area contributed by atoms with Crippen molar-refractivity contribution >= 4 is 23.4 Å². The Kier molecular flexibility index (Phi) is 7.91. The topological polar surface area (TPSA) is 67.9 Å². The first-order chi connectivity index (χ1) is 13.8. The number of para-hydroxylation sites is 1. The molecule has 0 aromatic heterocycles. The Hall–Kier alpha value is -2.73. The lowest BCUT2D eigenvalue weighted by Gasteiger charge is -2.27. The Morgan fingerprint density at radius 3 is 2.28 bits per heavy atom. The number of rotatable bonds is 8. The molecule has 2 rings (SSSR count). The van der Waals surface area contributed by atoms with Crippen LogP contribution in [-0.2, 0) is 11.3 Å². The summed E-state index contributed by atoms with van der Waals surface area (Å²) in [5, 5.41) is 3.39. The zero-order valence-electron chi connectivity index (χ0n) is 17.4. The van der Waals surface area contributed by atoms with Gasteiger partial charge in [-0.3, -0.25) is 9.59 Å². The van der Waals surface area contributed by atoms with E-state index >= 15 is 0 Å². The molecule has 0 spiro atoms. The summed E-state index contributed by atoms with van der Waals surface area (Å²) in [5.41, 5.74) is 1.26. The van der Waals surface area contributed by atoms with Crippen molar-refractivity contribution in [3.05, 3.63) is 58.6 Å². The molecule has 0 aliphatic heterocycles. The van der Waals surface area contributed by atoms with Crippen molar-refractivity contribution < 1.29 is 19.1 Å². The number of halogens is 1. The first kappa shape index (κ1) is 22.6. The molecule has 0 bridgehead atoms. The van der Waals surface area contributed by atoms with Gasteiger partial charge in [-0.1, -0.05) is 37.6 Å². The summed E-state index contributed by atoms with van der Waals surface area (Å²) in [6.07, 6.45) is 0. The maximum absolute atomic E-state index is 13.1. The molecule has 156 valence electrons. The van der Waals surface area contributed by atoms with E-state index in [1.807, 2.05) is 26.0 Å². The van der Waals surface area contributed by atoms with E-state index in [4.69, 9.17) is 21.1 Å². The van der Waals surface area contributed by atoms with Crippen LogP contribution in [0.3, 0.4) is 0 Å². The Morgan fingerprint density at radius 2 is 1.72 bits per heavy atom. The highest BCUT2D eigenvalue weighted by atomic mass is 35.5. The number of methoxy groups -OCH3 is 2. The van der Waals surface area contributed by atoms with Crippen LogP contribution in [0, 0.1) is 5.92 Å². The van der Waals surface area contributed by atoms with Crippen LogP contribution in [0.5, 0.6) is 11.5 Å². The number of ether oxygens (including phenoxy) is 2. The predicted molar refractivity (Wildman–Crippen MR) is 114 cm³/mol. The van der Waals surface area contributed by atoms with Crippen LogP contribution in [0.15, 0.2) is 42.5 Å². The largest absolute Gasteiger partial charge is 0.493 e. The summed E-state index contributed by atoms with van der Waals surface area (Å²) in [6.45, 7) is 4.11. The molecular weight excluding hydrogens is 392 g/mol. The van der Waals surface area contributed by atoms with Gasteiger partial charge in [0.15, 0.2) is 11.5 Å². The van der Waals surface area contributed by atoms with Gasteiger partial charge in [0, 0.05) is 29.7 Å². The number of benzene rings is 2. The summed E-state index contributed by atoms with van der Waals surface area (Å²) < 4.78 is 10.8. The minimum atomic E-state index is -0.667. The summed E-state index contributed by atoms with van der Waals surface area (Å²) >= 11 is 5.88. The van der Waals surface area contributed by atoms with E-state index in [1.54, 1.807) is 56.5 Å². The number of carbonyl (C=O) groups excluding carboxylic acids is 2. The molecule has 2 aromatic rings. The first-order valence-electron chi connectivity index (χ1n) is 9.29. The second kappa shape index (κ2) is 10.2.